The van der Waals surface area contributed by atoms with Gasteiger partial charge >= 0.3 is 0 Å². The van der Waals surface area contributed by atoms with Gasteiger partial charge in [0.1, 0.15) is 5.82 Å². The van der Waals surface area contributed by atoms with Crippen LogP contribution in [0.1, 0.15) is 24.0 Å². The molecule has 3 aromatic rings. The number of amides is 1. The topological polar surface area (TPSA) is 54.0 Å². The van der Waals surface area contributed by atoms with E-state index in [0.717, 1.165) is 37.1 Å². The number of aromatic nitrogens is 1. The fraction of sp³-hybridized carbons (Fsp3) is 0.217. The molecule has 2 N–H and O–H groups in total. The molecule has 0 aliphatic carbocycles. The number of carbonyl (C=O) groups excluding carboxylic acids is 1. The standard InChI is InChI=1S/C23H25N3O/c27-23(16-13-20-10-5-2-6-11-20)26-22-15-14-21(18-25-22)24-17-7-12-19-8-3-1-4-9-19/h1-6,8-11,14-15,18,24H,7,12-13,16-17H2,(H,25,26,27). The van der Waals surface area contributed by atoms with E-state index >= 15 is 0 Å². The van der Waals surface area contributed by atoms with E-state index < -0.39 is 0 Å². The zero-order valence-electron chi connectivity index (χ0n) is 15.4. The number of benzene rings is 2. The minimum Gasteiger partial charge on any atom is -0.384 e. The molecule has 27 heavy (non-hydrogen) atoms. The summed E-state index contributed by atoms with van der Waals surface area (Å²) in [6.07, 6.45) is 5.05. The van der Waals surface area contributed by atoms with Gasteiger partial charge in [-0.15, -0.1) is 0 Å². The maximum Gasteiger partial charge on any atom is 0.225 e. The van der Waals surface area contributed by atoms with Gasteiger partial charge in [-0.2, -0.15) is 0 Å². The van der Waals surface area contributed by atoms with E-state index in [9.17, 15) is 4.79 Å². The zero-order chi connectivity index (χ0) is 18.7. The second-order valence-electron chi connectivity index (χ2n) is 6.48. The number of hydrogen-bond donors (Lipinski definition) is 2. The first-order chi connectivity index (χ1) is 13.3. The fourth-order valence-electron chi connectivity index (χ4n) is 2.85. The van der Waals surface area contributed by atoms with E-state index in [2.05, 4.69) is 39.9 Å². The molecule has 0 bridgehead atoms. The lowest BCUT2D eigenvalue weighted by atomic mass is 10.1. The number of nitrogens with one attached hydrogen (secondary N) is 2. The van der Waals surface area contributed by atoms with Gasteiger partial charge in [-0.05, 0) is 42.5 Å². The van der Waals surface area contributed by atoms with E-state index in [1.165, 1.54) is 5.56 Å². The molecule has 0 unspecified atom stereocenters. The largest absolute Gasteiger partial charge is 0.384 e. The van der Waals surface area contributed by atoms with Crippen LogP contribution >= 0.6 is 0 Å². The second-order valence-corrected chi connectivity index (χ2v) is 6.48. The Kier molecular flexibility index (Phi) is 6.99. The highest BCUT2D eigenvalue weighted by Crippen LogP contribution is 2.11. The maximum atomic E-state index is 12.0. The van der Waals surface area contributed by atoms with E-state index in [0.29, 0.717) is 12.2 Å². The summed E-state index contributed by atoms with van der Waals surface area (Å²) in [6.45, 7) is 0.888. The molecule has 3 rings (SSSR count). The predicted molar refractivity (Wildman–Crippen MR) is 111 cm³/mol. The van der Waals surface area contributed by atoms with Crippen LogP contribution in [0.15, 0.2) is 79.0 Å². The molecular formula is C23H25N3O. The molecule has 4 nitrogen and oxygen atoms in total. The van der Waals surface area contributed by atoms with Crippen molar-refractivity contribution in [1.29, 1.82) is 0 Å². The molecule has 0 saturated heterocycles. The van der Waals surface area contributed by atoms with Crippen molar-refractivity contribution in [3.8, 4) is 0 Å². The van der Waals surface area contributed by atoms with Gasteiger partial charge in [-0.3, -0.25) is 4.79 Å². The number of hydrogen-bond acceptors (Lipinski definition) is 3. The number of rotatable bonds is 9. The van der Waals surface area contributed by atoms with Crippen LogP contribution in [0.4, 0.5) is 11.5 Å². The van der Waals surface area contributed by atoms with Gasteiger partial charge in [0.25, 0.3) is 0 Å². The Bertz CT molecular complexity index is 817. The van der Waals surface area contributed by atoms with Gasteiger partial charge in [0.15, 0.2) is 0 Å². The number of carbonyl (C=O) groups is 1. The highest BCUT2D eigenvalue weighted by atomic mass is 16.1. The molecule has 2 aromatic carbocycles. The first kappa shape index (κ1) is 18.6. The van der Waals surface area contributed by atoms with Crippen molar-refractivity contribution in [2.45, 2.75) is 25.7 Å². The highest BCUT2D eigenvalue weighted by Gasteiger charge is 2.04. The van der Waals surface area contributed by atoms with Crippen LogP contribution in [0.3, 0.4) is 0 Å². The van der Waals surface area contributed by atoms with Gasteiger partial charge in [-0.1, -0.05) is 60.7 Å². The summed E-state index contributed by atoms with van der Waals surface area (Å²) in [6, 6.07) is 24.3. The monoisotopic (exact) mass is 359 g/mol. The molecule has 0 aliphatic heterocycles. The molecule has 1 amide bonds. The van der Waals surface area contributed by atoms with Crippen molar-refractivity contribution in [3.05, 3.63) is 90.1 Å². The zero-order valence-corrected chi connectivity index (χ0v) is 15.4. The molecule has 0 atom stereocenters. The van der Waals surface area contributed by atoms with Gasteiger partial charge in [0.05, 0.1) is 11.9 Å². The van der Waals surface area contributed by atoms with Crippen molar-refractivity contribution in [1.82, 2.24) is 4.98 Å². The minimum absolute atomic E-state index is 0.0186. The van der Waals surface area contributed by atoms with Crippen LogP contribution < -0.4 is 10.6 Å². The molecule has 0 spiro atoms. The van der Waals surface area contributed by atoms with Crippen LogP contribution in [-0.2, 0) is 17.6 Å². The van der Waals surface area contributed by atoms with Crippen LogP contribution in [0.25, 0.3) is 0 Å². The van der Waals surface area contributed by atoms with Crippen molar-refractivity contribution < 1.29 is 4.79 Å². The Morgan fingerprint density at radius 2 is 1.48 bits per heavy atom. The molecule has 1 aromatic heterocycles. The summed E-state index contributed by atoms with van der Waals surface area (Å²) >= 11 is 0. The van der Waals surface area contributed by atoms with E-state index in [4.69, 9.17) is 0 Å². The Labute approximate surface area is 160 Å². The van der Waals surface area contributed by atoms with Crippen molar-refractivity contribution in [2.24, 2.45) is 0 Å². The van der Waals surface area contributed by atoms with Crippen molar-refractivity contribution >= 4 is 17.4 Å². The van der Waals surface area contributed by atoms with Crippen LogP contribution in [0.5, 0.6) is 0 Å². The van der Waals surface area contributed by atoms with Gasteiger partial charge < -0.3 is 10.6 Å². The third kappa shape index (κ3) is 6.59. The van der Waals surface area contributed by atoms with Crippen molar-refractivity contribution in [3.63, 3.8) is 0 Å². The Hall–Kier alpha value is -3.14. The summed E-state index contributed by atoms with van der Waals surface area (Å²) in [5.41, 5.74) is 3.48. The molecule has 1 heterocycles. The lowest BCUT2D eigenvalue weighted by Crippen LogP contribution is -2.13. The van der Waals surface area contributed by atoms with E-state index in [1.54, 1.807) is 6.20 Å². The third-order valence-corrected chi connectivity index (χ3v) is 4.33. The average Bonchev–Trinajstić information content (AvgIpc) is 2.72. The number of nitrogens with zero attached hydrogens (tertiary/aromatic N) is 1. The Balaban J connectivity index is 1.37. The first-order valence-corrected chi connectivity index (χ1v) is 9.37. The Morgan fingerprint density at radius 1 is 0.815 bits per heavy atom. The summed E-state index contributed by atoms with van der Waals surface area (Å²) in [7, 11) is 0. The first-order valence-electron chi connectivity index (χ1n) is 9.37. The minimum atomic E-state index is -0.0186. The molecular weight excluding hydrogens is 334 g/mol. The number of aryl methyl sites for hydroxylation is 2. The third-order valence-electron chi connectivity index (χ3n) is 4.33. The molecule has 0 fully saturated rings. The molecule has 0 aliphatic rings. The summed E-state index contributed by atoms with van der Waals surface area (Å²) in [4.78, 5) is 16.4. The SMILES string of the molecule is O=C(CCc1ccccc1)Nc1ccc(NCCCc2ccccc2)cn1. The average molecular weight is 359 g/mol. The van der Waals surface area contributed by atoms with Crippen LogP contribution in [-0.4, -0.2) is 17.4 Å². The highest BCUT2D eigenvalue weighted by molar-refractivity contribution is 5.89. The molecule has 0 radical (unpaired) electrons. The van der Waals surface area contributed by atoms with Gasteiger partial charge in [0, 0.05) is 13.0 Å². The molecule has 4 heteroatoms. The lowest BCUT2D eigenvalue weighted by Gasteiger charge is -2.08. The number of pyridine rings is 1. The van der Waals surface area contributed by atoms with E-state index in [-0.39, 0.29) is 5.91 Å². The molecule has 138 valence electrons. The van der Waals surface area contributed by atoms with Crippen LogP contribution in [0.2, 0.25) is 0 Å². The smallest absolute Gasteiger partial charge is 0.225 e. The van der Waals surface area contributed by atoms with Gasteiger partial charge in [-0.25, -0.2) is 4.98 Å². The number of anilines is 2. The second kappa shape index (κ2) is 10.1. The Morgan fingerprint density at radius 3 is 2.11 bits per heavy atom. The normalized spacial score (nSPS) is 10.4. The summed E-state index contributed by atoms with van der Waals surface area (Å²) in [5.74, 6) is 0.567. The maximum absolute atomic E-state index is 12.0. The quantitative estimate of drug-likeness (QED) is 0.545. The van der Waals surface area contributed by atoms with Gasteiger partial charge in [0.2, 0.25) is 5.91 Å². The van der Waals surface area contributed by atoms with Crippen LogP contribution in [0, 0.1) is 0 Å². The predicted octanol–water partition coefficient (Wildman–Crippen LogP) is 4.70. The van der Waals surface area contributed by atoms with E-state index in [1.807, 2.05) is 48.5 Å². The van der Waals surface area contributed by atoms with Crippen molar-refractivity contribution in [2.75, 3.05) is 17.2 Å². The lowest BCUT2D eigenvalue weighted by molar-refractivity contribution is -0.116. The fourth-order valence-corrected chi connectivity index (χ4v) is 2.85. The summed E-state index contributed by atoms with van der Waals surface area (Å²) < 4.78 is 0. The summed E-state index contributed by atoms with van der Waals surface area (Å²) in [5, 5.41) is 6.22. The molecule has 0 saturated carbocycles.